The fourth-order valence-corrected chi connectivity index (χ4v) is 4.97. The van der Waals surface area contributed by atoms with E-state index >= 15 is 0 Å². The first-order valence-corrected chi connectivity index (χ1v) is 16.1. The van der Waals surface area contributed by atoms with Crippen LogP contribution in [0.25, 0.3) is 0 Å². The zero-order valence-electron chi connectivity index (χ0n) is 23.7. The Morgan fingerprint density at radius 2 is 0.424 bits per heavy atom. The van der Waals surface area contributed by atoms with Crippen molar-refractivity contribution in [1.82, 2.24) is 0 Å². The Hall–Kier alpha value is -0.260. The summed E-state index contributed by atoms with van der Waals surface area (Å²) in [5.41, 5.74) is 0. The lowest BCUT2D eigenvalue weighted by Gasteiger charge is -2.04. The summed E-state index contributed by atoms with van der Waals surface area (Å²) in [6.45, 7) is 4.59. The molecule has 0 saturated carbocycles. The van der Waals surface area contributed by atoms with Gasteiger partial charge in [0.2, 0.25) is 0 Å². The molecule has 198 valence electrons. The van der Waals surface area contributed by atoms with Crippen molar-refractivity contribution in [2.45, 2.75) is 200 Å². The first-order valence-electron chi connectivity index (χ1n) is 16.1. The van der Waals surface area contributed by atoms with Gasteiger partial charge in [0.1, 0.15) is 0 Å². The van der Waals surface area contributed by atoms with Crippen LogP contribution in [0.1, 0.15) is 200 Å². The maximum Gasteiger partial charge on any atom is -0.0351 e. The van der Waals surface area contributed by atoms with Crippen LogP contribution in [-0.4, -0.2) is 0 Å². The summed E-state index contributed by atoms with van der Waals surface area (Å²) < 4.78 is 0. The highest BCUT2D eigenvalue weighted by Crippen LogP contribution is 2.15. The van der Waals surface area contributed by atoms with Gasteiger partial charge in [-0.15, -0.1) is 0 Å². The van der Waals surface area contributed by atoms with E-state index in [9.17, 15) is 0 Å². The molecule has 0 aromatic heterocycles. The molecule has 0 aliphatic rings. The third-order valence-corrected chi connectivity index (χ3v) is 7.37. The fraction of sp³-hybridized carbons (Fsp3) is 0.939. The van der Waals surface area contributed by atoms with E-state index in [-0.39, 0.29) is 0 Å². The van der Waals surface area contributed by atoms with Gasteiger partial charge in [-0.2, -0.15) is 0 Å². The minimum atomic E-state index is 1.30. The molecule has 0 bridgehead atoms. The number of hydrogen-bond donors (Lipinski definition) is 0. The molecule has 0 aliphatic heterocycles. The van der Waals surface area contributed by atoms with Crippen LogP contribution in [0.4, 0.5) is 0 Å². The van der Waals surface area contributed by atoms with Crippen molar-refractivity contribution in [1.29, 1.82) is 0 Å². The molecule has 0 aromatic rings. The van der Waals surface area contributed by atoms with Gasteiger partial charge in [-0.1, -0.05) is 187 Å². The summed E-state index contributed by atoms with van der Waals surface area (Å²) in [4.78, 5) is 0. The molecule has 0 nitrogen and oxygen atoms in total. The number of hydrogen-bond acceptors (Lipinski definition) is 0. The van der Waals surface area contributed by atoms with Crippen molar-refractivity contribution in [2.24, 2.45) is 0 Å². The smallest absolute Gasteiger partial charge is 0.0351 e. The zero-order valence-corrected chi connectivity index (χ0v) is 23.7. The molecule has 0 heteroatoms. The fourth-order valence-electron chi connectivity index (χ4n) is 4.97. The first-order chi connectivity index (χ1) is 16.4. The third-order valence-electron chi connectivity index (χ3n) is 7.37. The minimum Gasteiger partial charge on any atom is -0.0885 e. The second-order valence-electron chi connectivity index (χ2n) is 10.9. The second kappa shape index (κ2) is 31.7. The summed E-state index contributed by atoms with van der Waals surface area (Å²) in [7, 11) is 0. The molecule has 0 amide bonds. The average Bonchev–Trinajstić information content (AvgIpc) is 2.83. The minimum absolute atomic E-state index is 1.30. The van der Waals surface area contributed by atoms with Crippen LogP contribution < -0.4 is 0 Å². The topological polar surface area (TPSA) is 0 Å². The van der Waals surface area contributed by atoms with Gasteiger partial charge in [-0.3, -0.25) is 0 Å². The van der Waals surface area contributed by atoms with Gasteiger partial charge in [-0.25, -0.2) is 0 Å². The number of rotatable bonds is 29. The summed E-state index contributed by atoms with van der Waals surface area (Å²) in [6, 6.07) is 0. The van der Waals surface area contributed by atoms with Gasteiger partial charge in [0.15, 0.2) is 0 Å². The monoisotopic (exact) mass is 463 g/mol. The van der Waals surface area contributed by atoms with Crippen LogP contribution in [0.5, 0.6) is 0 Å². The summed E-state index contributed by atoms with van der Waals surface area (Å²) in [5.74, 6) is 0. The number of unbranched alkanes of at least 4 members (excludes halogenated alkanes) is 27. The predicted octanol–water partition coefficient (Wildman–Crippen LogP) is 12.9. The number of allylic oxidation sites excluding steroid dienone is 2. The predicted molar refractivity (Wildman–Crippen MR) is 154 cm³/mol. The molecule has 0 aromatic carbocycles. The largest absolute Gasteiger partial charge is 0.0885 e. The lowest BCUT2D eigenvalue weighted by molar-refractivity contribution is 0.517. The Bertz CT molecular complexity index is 342. The van der Waals surface area contributed by atoms with Gasteiger partial charge < -0.3 is 0 Å². The van der Waals surface area contributed by atoms with Gasteiger partial charge >= 0.3 is 0 Å². The van der Waals surface area contributed by atoms with Crippen LogP contribution in [-0.2, 0) is 0 Å². The lowest BCUT2D eigenvalue weighted by atomic mass is 10.0. The van der Waals surface area contributed by atoms with E-state index in [1.54, 1.807) is 0 Å². The third kappa shape index (κ3) is 31.7. The summed E-state index contributed by atoms with van der Waals surface area (Å²) in [6.07, 6.45) is 46.9. The average molecular weight is 463 g/mol. The Morgan fingerprint density at radius 1 is 0.242 bits per heavy atom. The quantitative estimate of drug-likeness (QED) is 0.0765. The molecule has 0 saturated heterocycles. The molecular weight excluding hydrogens is 396 g/mol. The first kappa shape index (κ1) is 32.7. The van der Waals surface area contributed by atoms with Gasteiger partial charge in [0.25, 0.3) is 0 Å². The van der Waals surface area contributed by atoms with Crippen LogP contribution in [0.2, 0.25) is 0 Å². The molecule has 0 spiro atoms. The van der Waals surface area contributed by atoms with E-state index in [1.807, 2.05) is 0 Å². The molecular formula is C33H66. The lowest BCUT2D eigenvalue weighted by Crippen LogP contribution is -1.84. The second-order valence-corrected chi connectivity index (χ2v) is 10.9. The van der Waals surface area contributed by atoms with E-state index in [0.717, 1.165) is 0 Å². The van der Waals surface area contributed by atoms with E-state index < -0.39 is 0 Å². The molecule has 0 atom stereocenters. The molecule has 0 N–H and O–H groups in total. The van der Waals surface area contributed by atoms with E-state index in [2.05, 4.69) is 26.0 Å². The van der Waals surface area contributed by atoms with Crippen molar-refractivity contribution < 1.29 is 0 Å². The molecule has 0 aliphatic carbocycles. The summed E-state index contributed by atoms with van der Waals surface area (Å²) >= 11 is 0. The highest BCUT2D eigenvalue weighted by atomic mass is 14.0. The Kier molecular flexibility index (Phi) is 31.5. The highest BCUT2D eigenvalue weighted by molar-refractivity contribution is 4.81. The molecule has 33 heavy (non-hydrogen) atoms. The Balaban J connectivity index is 3.02. The molecule has 0 radical (unpaired) electrons. The standard InChI is InChI=1S/C33H66/c1-3-5-7-9-11-13-15-17-19-21-23-25-27-29-31-33-32-30-28-26-24-22-20-18-16-14-12-10-8-6-4-2/h11,13H,3-10,12,14-33H2,1-2H3/b13-11+. The van der Waals surface area contributed by atoms with E-state index in [0.29, 0.717) is 0 Å². The van der Waals surface area contributed by atoms with Gasteiger partial charge in [0.05, 0.1) is 0 Å². The molecule has 0 fully saturated rings. The molecule has 0 heterocycles. The van der Waals surface area contributed by atoms with E-state index in [1.165, 1.54) is 186 Å². The van der Waals surface area contributed by atoms with Gasteiger partial charge in [-0.05, 0) is 25.7 Å². The maximum atomic E-state index is 2.42. The highest BCUT2D eigenvalue weighted by Gasteiger charge is 1.96. The Morgan fingerprint density at radius 3 is 0.697 bits per heavy atom. The van der Waals surface area contributed by atoms with Crippen LogP contribution in [0.3, 0.4) is 0 Å². The van der Waals surface area contributed by atoms with Crippen LogP contribution >= 0.6 is 0 Å². The van der Waals surface area contributed by atoms with Crippen LogP contribution in [0, 0.1) is 0 Å². The van der Waals surface area contributed by atoms with Crippen molar-refractivity contribution in [3.05, 3.63) is 12.2 Å². The Labute approximate surface area is 212 Å². The molecule has 0 rings (SSSR count). The van der Waals surface area contributed by atoms with Crippen molar-refractivity contribution in [2.75, 3.05) is 0 Å². The van der Waals surface area contributed by atoms with E-state index in [4.69, 9.17) is 0 Å². The van der Waals surface area contributed by atoms with Crippen molar-refractivity contribution in [3.63, 3.8) is 0 Å². The van der Waals surface area contributed by atoms with Crippen molar-refractivity contribution in [3.8, 4) is 0 Å². The summed E-state index contributed by atoms with van der Waals surface area (Å²) in [5, 5.41) is 0. The SMILES string of the molecule is CCCCC/C=C/CCCCCCCCCCCCCCCCCCCCCCCCCC. The molecule has 0 unspecified atom stereocenters. The van der Waals surface area contributed by atoms with Crippen LogP contribution in [0.15, 0.2) is 12.2 Å². The maximum absolute atomic E-state index is 2.42. The van der Waals surface area contributed by atoms with Crippen molar-refractivity contribution >= 4 is 0 Å². The van der Waals surface area contributed by atoms with Gasteiger partial charge in [0, 0.05) is 0 Å². The zero-order chi connectivity index (χ0) is 23.9. The normalized spacial score (nSPS) is 11.7.